The van der Waals surface area contributed by atoms with E-state index >= 15 is 0 Å². The zero-order valence-electron chi connectivity index (χ0n) is 19.5. The third-order valence-electron chi connectivity index (χ3n) is 6.68. The molecule has 0 aliphatic carbocycles. The Morgan fingerprint density at radius 2 is 1.34 bits per heavy atom. The normalized spacial score (nSPS) is 16.6. The lowest BCUT2D eigenvalue weighted by Gasteiger charge is -2.39. The van der Waals surface area contributed by atoms with E-state index in [1.54, 1.807) is 12.1 Å². The second-order valence-electron chi connectivity index (χ2n) is 8.89. The van der Waals surface area contributed by atoms with Gasteiger partial charge in [-0.3, -0.25) is 19.4 Å². The molecular formula is C28H28N4O3. The Balaban J connectivity index is 1.24. The van der Waals surface area contributed by atoms with Crippen molar-refractivity contribution >= 4 is 17.8 Å². The van der Waals surface area contributed by atoms with Gasteiger partial charge in [-0.1, -0.05) is 72.8 Å². The molecule has 0 radical (unpaired) electrons. The van der Waals surface area contributed by atoms with Crippen molar-refractivity contribution in [1.82, 2.24) is 20.0 Å². The molecule has 2 heterocycles. The molecule has 0 spiro atoms. The minimum Gasteiger partial charge on any atom is -0.336 e. The maximum atomic E-state index is 13.2. The van der Waals surface area contributed by atoms with Gasteiger partial charge in [-0.05, 0) is 28.8 Å². The van der Waals surface area contributed by atoms with E-state index in [1.807, 2.05) is 29.2 Å². The van der Waals surface area contributed by atoms with Gasteiger partial charge >= 0.3 is 6.03 Å². The number of nitrogens with zero attached hydrogens (tertiary/aromatic N) is 3. The molecule has 0 saturated carbocycles. The van der Waals surface area contributed by atoms with Crippen LogP contribution >= 0.6 is 0 Å². The summed E-state index contributed by atoms with van der Waals surface area (Å²) in [6.45, 7) is 3.11. The highest BCUT2D eigenvalue weighted by molar-refractivity contribution is 6.01. The van der Waals surface area contributed by atoms with Crippen molar-refractivity contribution in [2.24, 2.45) is 0 Å². The third kappa shape index (κ3) is 4.95. The van der Waals surface area contributed by atoms with Crippen LogP contribution in [0.5, 0.6) is 0 Å². The van der Waals surface area contributed by atoms with Crippen molar-refractivity contribution < 1.29 is 14.4 Å². The number of amides is 4. The predicted molar refractivity (Wildman–Crippen MR) is 133 cm³/mol. The standard InChI is InChI=1S/C28H28N4O3/c33-25-19-29-28(35)32(25)20-21-11-13-24(14-12-21)27(34)31-17-15-30(16-18-31)26(22-7-3-1-4-8-22)23-9-5-2-6-10-23/h1-14,26H,15-20H2,(H,29,35). The van der Waals surface area contributed by atoms with Crippen LogP contribution in [-0.2, 0) is 11.3 Å². The van der Waals surface area contributed by atoms with Crippen LogP contribution in [0, 0.1) is 0 Å². The maximum absolute atomic E-state index is 13.2. The topological polar surface area (TPSA) is 73.0 Å². The van der Waals surface area contributed by atoms with Gasteiger partial charge in [0.15, 0.2) is 0 Å². The van der Waals surface area contributed by atoms with Crippen LogP contribution in [0.4, 0.5) is 4.79 Å². The number of urea groups is 1. The van der Waals surface area contributed by atoms with E-state index in [1.165, 1.54) is 16.0 Å². The summed E-state index contributed by atoms with van der Waals surface area (Å²) < 4.78 is 0. The van der Waals surface area contributed by atoms with E-state index in [-0.39, 0.29) is 37.0 Å². The average molecular weight is 469 g/mol. The molecule has 4 amide bonds. The number of carbonyl (C=O) groups excluding carboxylic acids is 3. The Hall–Kier alpha value is -3.97. The minimum atomic E-state index is -0.377. The fourth-order valence-electron chi connectivity index (χ4n) is 4.80. The molecule has 0 unspecified atom stereocenters. The molecule has 7 heteroatoms. The Morgan fingerprint density at radius 1 is 0.771 bits per heavy atom. The minimum absolute atomic E-state index is 0.00200. The van der Waals surface area contributed by atoms with Crippen LogP contribution in [0.15, 0.2) is 84.9 Å². The highest BCUT2D eigenvalue weighted by Gasteiger charge is 2.30. The fraction of sp³-hybridized carbons (Fsp3) is 0.250. The summed E-state index contributed by atoms with van der Waals surface area (Å²) in [5, 5.41) is 2.52. The number of rotatable bonds is 6. The molecule has 2 aliphatic rings. The number of carbonyl (C=O) groups is 3. The molecule has 35 heavy (non-hydrogen) atoms. The molecule has 2 saturated heterocycles. The molecule has 178 valence electrons. The first-order chi connectivity index (χ1) is 17.1. The zero-order valence-corrected chi connectivity index (χ0v) is 19.5. The van der Waals surface area contributed by atoms with Crippen LogP contribution < -0.4 is 5.32 Å². The number of benzene rings is 3. The summed E-state index contributed by atoms with van der Waals surface area (Å²) >= 11 is 0. The highest BCUT2D eigenvalue weighted by Crippen LogP contribution is 2.29. The largest absolute Gasteiger partial charge is 0.336 e. The van der Waals surface area contributed by atoms with E-state index in [9.17, 15) is 14.4 Å². The van der Waals surface area contributed by atoms with Gasteiger partial charge < -0.3 is 10.2 Å². The lowest BCUT2D eigenvalue weighted by atomic mass is 9.96. The van der Waals surface area contributed by atoms with Gasteiger partial charge in [-0.15, -0.1) is 0 Å². The number of imide groups is 1. The van der Waals surface area contributed by atoms with Crippen molar-refractivity contribution in [3.63, 3.8) is 0 Å². The summed E-state index contributed by atoms with van der Waals surface area (Å²) in [5.74, 6) is -0.237. The van der Waals surface area contributed by atoms with Crippen LogP contribution in [0.1, 0.15) is 33.1 Å². The van der Waals surface area contributed by atoms with Crippen LogP contribution in [0.3, 0.4) is 0 Å². The average Bonchev–Trinajstić information content (AvgIpc) is 3.23. The summed E-state index contributed by atoms with van der Waals surface area (Å²) in [7, 11) is 0. The molecule has 2 aliphatic heterocycles. The van der Waals surface area contributed by atoms with Gasteiger partial charge in [0.05, 0.1) is 19.1 Å². The SMILES string of the molecule is O=C(c1ccc(CN2C(=O)CNC2=O)cc1)N1CCN(C(c2ccccc2)c2ccccc2)CC1. The van der Waals surface area contributed by atoms with E-state index in [4.69, 9.17) is 0 Å². The number of hydrogen-bond acceptors (Lipinski definition) is 4. The molecule has 3 aromatic carbocycles. The smallest absolute Gasteiger partial charge is 0.324 e. The summed E-state index contributed by atoms with van der Waals surface area (Å²) in [6, 6.07) is 27.9. The molecule has 7 nitrogen and oxygen atoms in total. The Morgan fingerprint density at radius 3 is 1.86 bits per heavy atom. The maximum Gasteiger partial charge on any atom is 0.324 e. The van der Waals surface area contributed by atoms with Crippen molar-refractivity contribution in [3.05, 3.63) is 107 Å². The predicted octanol–water partition coefficient (Wildman–Crippen LogP) is 3.29. The van der Waals surface area contributed by atoms with Crippen molar-refractivity contribution in [2.75, 3.05) is 32.7 Å². The Labute approximate surface area is 204 Å². The highest BCUT2D eigenvalue weighted by atomic mass is 16.2. The van der Waals surface area contributed by atoms with E-state index in [0.717, 1.165) is 18.7 Å². The van der Waals surface area contributed by atoms with Crippen LogP contribution in [-0.4, -0.2) is 65.3 Å². The van der Waals surface area contributed by atoms with E-state index in [2.05, 4.69) is 58.7 Å². The van der Waals surface area contributed by atoms with E-state index < -0.39 is 0 Å². The first-order valence-electron chi connectivity index (χ1n) is 11.9. The number of hydrogen-bond donors (Lipinski definition) is 1. The molecule has 5 rings (SSSR count). The Bertz CT molecular complexity index is 1130. The monoisotopic (exact) mass is 468 g/mol. The molecule has 2 fully saturated rings. The first-order valence-corrected chi connectivity index (χ1v) is 11.9. The molecular weight excluding hydrogens is 440 g/mol. The zero-order chi connectivity index (χ0) is 24.2. The van der Waals surface area contributed by atoms with Gasteiger partial charge in [0.25, 0.3) is 5.91 Å². The summed E-state index contributed by atoms with van der Waals surface area (Å²) in [5.41, 5.74) is 3.92. The quantitative estimate of drug-likeness (QED) is 0.564. The van der Waals surface area contributed by atoms with Gasteiger partial charge in [-0.2, -0.15) is 0 Å². The first kappa shape index (κ1) is 22.8. The molecule has 0 aromatic heterocycles. The van der Waals surface area contributed by atoms with Gasteiger partial charge in [0, 0.05) is 31.7 Å². The molecule has 0 bridgehead atoms. The number of piperazine rings is 1. The third-order valence-corrected chi connectivity index (χ3v) is 6.68. The van der Waals surface area contributed by atoms with Gasteiger partial charge in [-0.25, -0.2) is 4.79 Å². The summed E-state index contributed by atoms with van der Waals surface area (Å²) in [4.78, 5) is 42.2. The molecule has 3 aromatic rings. The van der Waals surface area contributed by atoms with Crippen molar-refractivity contribution in [3.8, 4) is 0 Å². The lowest BCUT2D eigenvalue weighted by Crippen LogP contribution is -2.49. The second-order valence-corrected chi connectivity index (χ2v) is 8.89. The number of nitrogens with one attached hydrogen (secondary N) is 1. The summed E-state index contributed by atoms with van der Waals surface area (Å²) in [6.07, 6.45) is 0. The second kappa shape index (κ2) is 10.1. The van der Waals surface area contributed by atoms with E-state index in [0.29, 0.717) is 18.7 Å². The van der Waals surface area contributed by atoms with Gasteiger partial charge in [0.1, 0.15) is 0 Å². The van der Waals surface area contributed by atoms with Crippen molar-refractivity contribution in [1.29, 1.82) is 0 Å². The van der Waals surface area contributed by atoms with Crippen molar-refractivity contribution in [2.45, 2.75) is 12.6 Å². The van der Waals surface area contributed by atoms with Crippen LogP contribution in [0.2, 0.25) is 0 Å². The fourth-order valence-corrected chi connectivity index (χ4v) is 4.80. The van der Waals surface area contributed by atoms with Gasteiger partial charge in [0.2, 0.25) is 5.91 Å². The molecule has 0 atom stereocenters. The Kier molecular flexibility index (Phi) is 6.59. The molecule has 1 N–H and O–H groups in total. The lowest BCUT2D eigenvalue weighted by molar-refractivity contribution is -0.125. The van der Waals surface area contributed by atoms with Crippen LogP contribution in [0.25, 0.3) is 0 Å².